The molecule has 1 fully saturated rings. The number of fused-ring (bicyclic) bond motifs is 1. The number of aryl methyl sites for hydroxylation is 1. The molecule has 0 saturated carbocycles. The van der Waals surface area contributed by atoms with Crippen molar-refractivity contribution in [2.75, 3.05) is 11.9 Å². The predicted molar refractivity (Wildman–Crippen MR) is 117 cm³/mol. The Hall–Kier alpha value is -2.21. The third-order valence-electron chi connectivity index (χ3n) is 5.99. The van der Waals surface area contributed by atoms with Crippen LogP contribution in [0.3, 0.4) is 0 Å². The number of nitrogens with zero attached hydrogens (tertiary/aromatic N) is 2. The van der Waals surface area contributed by atoms with Gasteiger partial charge in [-0.1, -0.05) is 24.6 Å². The van der Waals surface area contributed by atoms with E-state index in [0.29, 0.717) is 35.9 Å². The van der Waals surface area contributed by atoms with E-state index >= 15 is 0 Å². The maximum atomic E-state index is 13.1. The van der Waals surface area contributed by atoms with Gasteiger partial charge >= 0.3 is 0 Å². The first-order valence-electron chi connectivity index (χ1n) is 10.2. The highest BCUT2D eigenvalue weighted by Crippen LogP contribution is 2.39. The summed E-state index contributed by atoms with van der Waals surface area (Å²) < 4.78 is 27.6. The molecule has 1 amide bonds. The van der Waals surface area contributed by atoms with Crippen LogP contribution in [0.25, 0.3) is 0 Å². The van der Waals surface area contributed by atoms with Gasteiger partial charge in [0.1, 0.15) is 17.1 Å². The maximum Gasteiger partial charge on any atom is 0.243 e. The van der Waals surface area contributed by atoms with Gasteiger partial charge in [0, 0.05) is 11.4 Å². The lowest BCUT2D eigenvalue weighted by Gasteiger charge is -2.23. The summed E-state index contributed by atoms with van der Waals surface area (Å²) in [7, 11) is -3.76. The summed E-state index contributed by atoms with van der Waals surface area (Å²) in [6, 6.07) is 8.17. The second-order valence-corrected chi connectivity index (χ2v) is 11.2. The van der Waals surface area contributed by atoms with Gasteiger partial charge in [-0.05, 0) is 62.6 Å². The van der Waals surface area contributed by atoms with E-state index in [2.05, 4.69) is 18.3 Å². The van der Waals surface area contributed by atoms with Gasteiger partial charge in [0.2, 0.25) is 15.9 Å². The molecule has 158 valence electrons. The molecule has 1 aliphatic heterocycles. The van der Waals surface area contributed by atoms with Crippen molar-refractivity contribution in [1.29, 1.82) is 5.26 Å². The van der Waals surface area contributed by atoms with Crippen LogP contribution >= 0.6 is 11.3 Å². The number of hydrogen-bond acceptors (Lipinski definition) is 5. The molecule has 0 bridgehead atoms. The van der Waals surface area contributed by atoms with E-state index in [1.165, 1.54) is 15.6 Å². The fraction of sp³-hybridized carbons (Fsp3) is 0.455. The summed E-state index contributed by atoms with van der Waals surface area (Å²) in [4.78, 5) is 14.4. The summed E-state index contributed by atoms with van der Waals surface area (Å²) in [5.41, 5.74) is 2.57. The molecule has 8 heteroatoms. The minimum atomic E-state index is -3.76. The lowest BCUT2D eigenvalue weighted by atomic mass is 9.88. The fourth-order valence-electron chi connectivity index (χ4n) is 4.29. The molecule has 1 aromatic heterocycles. The fourth-order valence-corrected chi connectivity index (χ4v) is 7.31. The number of amides is 1. The van der Waals surface area contributed by atoms with Crippen LogP contribution in [0, 0.1) is 24.2 Å². The number of sulfonamides is 1. The number of anilines is 1. The normalized spacial score (nSPS) is 21.8. The summed E-state index contributed by atoms with van der Waals surface area (Å²) in [6.07, 6.45) is 3.91. The van der Waals surface area contributed by atoms with Crippen LogP contribution in [0.5, 0.6) is 0 Å². The van der Waals surface area contributed by atoms with E-state index in [-0.39, 0.29) is 10.8 Å². The Morgan fingerprint density at radius 3 is 2.70 bits per heavy atom. The molecule has 2 atom stereocenters. The van der Waals surface area contributed by atoms with Crippen LogP contribution in [-0.2, 0) is 27.7 Å². The number of hydrogen-bond donors (Lipinski definition) is 1. The maximum absolute atomic E-state index is 13.1. The molecule has 4 rings (SSSR count). The van der Waals surface area contributed by atoms with Gasteiger partial charge in [-0.25, -0.2) is 8.42 Å². The van der Waals surface area contributed by atoms with Gasteiger partial charge in [-0.15, -0.1) is 11.3 Å². The van der Waals surface area contributed by atoms with Crippen LogP contribution in [-0.4, -0.2) is 31.2 Å². The van der Waals surface area contributed by atoms with Crippen LogP contribution in [0.1, 0.15) is 47.8 Å². The van der Waals surface area contributed by atoms with Crippen molar-refractivity contribution in [3.8, 4) is 6.07 Å². The zero-order chi connectivity index (χ0) is 21.5. The number of thiophene rings is 1. The first kappa shape index (κ1) is 21.0. The standard InChI is InChI=1S/C22H25N3O3S2/c1-14-5-8-16(9-6-14)30(27,28)25-11-3-4-19(25)21(26)24-22-18(13-23)17-10-7-15(2)12-20(17)29-22/h5-6,8-9,15,19H,3-4,7,10-12H2,1-2H3,(H,24,26)/t15-,19+/m1/s1. The lowest BCUT2D eigenvalue weighted by Crippen LogP contribution is -2.43. The molecular formula is C22H25N3O3S2. The minimum absolute atomic E-state index is 0.200. The lowest BCUT2D eigenvalue weighted by molar-refractivity contribution is -0.119. The van der Waals surface area contributed by atoms with E-state index in [1.54, 1.807) is 24.3 Å². The minimum Gasteiger partial charge on any atom is -0.315 e. The number of rotatable bonds is 4. The summed E-state index contributed by atoms with van der Waals surface area (Å²) in [6.45, 7) is 4.41. The summed E-state index contributed by atoms with van der Waals surface area (Å²) in [5.74, 6) is 0.211. The highest BCUT2D eigenvalue weighted by Gasteiger charge is 2.40. The van der Waals surface area contributed by atoms with Crippen molar-refractivity contribution in [2.45, 2.75) is 56.9 Å². The molecule has 2 aromatic rings. The van der Waals surface area contributed by atoms with E-state index in [9.17, 15) is 18.5 Å². The van der Waals surface area contributed by atoms with Crippen LogP contribution in [0.15, 0.2) is 29.2 Å². The summed E-state index contributed by atoms with van der Waals surface area (Å²) >= 11 is 1.46. The Morgan fingerprint density at radius 1 is 1.27 bits per heavy atom. The third kappa shape index (κ3) is 3.78. The molecule has 30 heavy (non-hydrogen) atoms. The topological polar surface area (TPSA) is 90.3 Å². The smallest absolute Gasteiger partial charge is 0.243 e. The summed E-state index contributed by atoms with van der Waals surface area (Å²) in [5, 5.41) is 13.1. The molecular weight excluding hydrogens is 418 g/mol. The predicted octanol–water partition coefficient (Wildman–Crippen LogP) is 3.84. The van der Waals surface area contributed by atoms with Gasteiger partial charge < -0.3 is 5.32 Å². The average Bonchev–Trinajstić information content (AvgIpc) is 3.32. The van der Waals surface area contributed by atoms with Crippen molar-refractivity contribution in [3.05, 3.63) is 45.8 Å². The van der Waals surface area contributed by atoms with E-state index in [0.717, 1.165) is 35.3 Å². The molecule has 6 nitrogen and oxygen atoms in total. The molecule has 2 heterocycles. The quantitative estimate of drug-likeness (QED) is 0.777. The number of benzene rings is 1. The molecule has 1 saturated heterocycles. The molecule has 0 radical (unpaired) electrons. The molecule has 1 aromatic carbocycles. The first-order chi connectivity index (χ1) is 14.3. The second kappa shape index (κ2) is 8.14. The third-order valence-corrected chi connectivity index (χ3v) is 9.09. The van der Waals surface area contributed by atoms with Crippen molar-refractivity contribution in [3.63, 3.8) is 0 Å². The molecule has 2 aliphatic rings. The number of nitriles is 1. The van der Waals surface area contributed by atoms with Crippen molar-refractivity contribution in [1.82, 2.24) is 4.31 Å². The highest BCUT2D eigenvalue weighted by molar-refractivity contribution is 7.89. The van der Waals surface area contributed by atoms with Gasteiger partial charge in [0.25, 0.3) is 0 Å². The van der Waals surface area contributed by atoms with E-state index in [1.807, 2.05) is 6.92 Å². The Balaban J connectivity index is 1.58. The Labute approximate surface area is 181 Å². The van der Waals surface area contributed by atoms with Gasteiger partial charge in [-0.2, -0.15) is 9.57 Å². The van der Waals surface area contributed by atoms with Gasteiger partial charge in [0.05, 0.1) is 10.5 Å². The zero-order valence-electron chi connectivity index (χ0n) is 17.1. The SMILES string of the molecule is Cc1ccc(S(=O)(=O)N2CCC[C@H]2C(=O)Nc2sc3c(c2C#N)CC[C@@H](C)C3)cc1. The molecule has 1 aliphatic carbocycles. The van der Waals surface area contributed by atoms with E-state index in [4.69, 9.17) is 0 Å². The average molecular weight is 444 g/mol. The number of carbonyl (C=O) groups excluding carboxylic acids is 1. The van der Waals surface area contributed by atoms with Crippen molar-refractivity contribution < 1.29 is 13.2 Å². The molecule has 0 unspecified atom stereocenters. The monoisotopic (exact) mass is 443 g/mol. The number of nitrogens with one attached hydrogen (secondary N) is 1. The molecule has 0 spiro atoms. The Bertz CT molecular complexity index is 1110. The zero-order valence-corrected chi connectivity index (χ0v) is 18.8. The number of carbonyl (C=O) groups is 1. The van der Waals surface area contributed by atoms with Crippen molar-refractivity contribution >= 4 is 32.3 Å². The van der Waals surface area contributed by atoms with Crippen LogP contribution < -0.4 is 5.32 Å². The van der Waals surface area contributed by atoms with E-state index < -0.39 is 16.1 Å². The second-order valence-electron chi connectivity index (χ2n) is 8.24. The highest BCUT2D eigenvalue weighted by atomic mass is 32.2. The van der Waals surface area contributed by atoms with Crippen LogP contribution in [0.4, 0.5) is 5.00 Å². The first-order valence-corrected chi connectivity index (χ1v) is 12.5. The Morgan fingerprint density at radius 2 is 2.00 bits per heavy atom. The van der Waals surface area contributed by atoms with Crippen LogP contribution in [0.2, 0.25) is 0 Å². The van der Waals surface area contributed by atoms with Gasteiger partial charge in [0.15, 0.2) is 0 Å². The molecule has 1 N–H and O–H groups in total. The van der Waals surface area contributed by atoms with Crippen molar-refractivity contribution in [2.24, 2.45) is 5.92 Å². The Kier molecular flexibility index (Phi) is 5.71. The van der Waals surface area contributed by atoms with Gasteiger partial charge in [-0.3, -0.25) is 4.79 Å². The largest absolute Gasteiger partial charge is 0.315 e.